The van der Waals surface area contributed by atoms with Gasteiger partial charge in [-0.05, 0) is 36.4 Å². The van der Waals surface area contributed by atoms with Crippen molar-refractivity contribution in [3.05, 3.63) is 67.0 Å². The Bertz CT molecular complexity index is 1120. The van der Waals surface area contributed by atoms with Gasteiger partial charge in [0.1, 0.15) is 4.90 Å². The number of aromatic nitrogens is 1. The van der Waals surface area contributed by atoms with Gasteiger partial charge in [0, 0.05) is 43.8 Å². The molecule has 7 heteroatoms. The fraction of sp³-hybridized carbons (Fsp3) is 0.273. The molecule has 1 aromatic heterocycles. The molecule has 2 aromatic carbocycles. The van der Waals surface area contributed by atoms with Gasteiger partial charge in [0.05, 0.1) is 5.69 Å². The van der Waals surface area contributed by atoms with Crippen molar-refractivity contribution >= 4 is 32.4 Å². The third-order valence-corrected chi connectivity index (χ3v) is 7.42. The molecule has 0 atom stereocenters. The Balaban J connectivity index is 1.48. The van der Waals surface area contributed by atoms with Crippen LogP contribution in [0.2, 0.25) is 0 Å². The number of hydrogen-bond donors (Lipinski definition) is 0. The highest BCUT2D eigenvalue weighted by Crippen LogP contribution is 2.30. The van der Waals surface area contributed by atoms with E-state index in [0.717, 1.165) is 16.5 Å². The van der Waals surface area contributed by atoms with E-state index in [2.05, 4.69) is 4.98 Å². The normalized spacial score (nSPS) is 16.0. The van der Waals surface area contributed by atoms with E-state index in [-0.39, 0.29) is 16.7 Å². The predicted octanol–water partition coefficient (Wildman–Crippen LogP) is 3.30. The maximum atomic E-state index is 13.1. The molecule has 1 aliphatic heterocycles. The molecule has 0 bridgehead atoms. The first kappa shape index (κ1) is 19.5. The second-order valence-electron chi connectivity index (χ2n) is 7.26. The van der Waals surface area contributed by atoms with Crippen LogP contribution in [-0.4, -0.2) is 43.8 Å². The Kier molecular flexibility index (Phi) is 5.34. The number of amides is 1. The molecule has 0 N–H and O–H groups in total. The summed E-state index contributed by atoms with van der Waals surface area (Å²) in [6, 6.07) is 17.1. The minimum absolute atomic E-state index is 0.0276. The number of pyridine rings is 1. The lowest BCUT2D eigenvalue weighted by atomic mass is 9.96. The number of benzene rings is 2. The zero-order valence-corrected chi connectivity index (χ0v) is 17.0. The van der Waals surface area contributed by atoms with E-state index < -0.39 is 10.0 Å². The summed E-state index contributed by atoms with van der Waals surface area (Å²) in [7, 11) is -1.77. The molecule has 0 spiro atoms. The summed E-state index contributed by atoms with van der Waals surface area (Å²) in [4.78, 5) is 18.9. The van der Waals surface area contributed by atoms with Crippen molar-refractivity contribution < 1.29 is 13.2 Å². The van der Waals surface area contributed by atoms with Gasteiger partial charge in [0.15, 0.2) is 0 Å². The first-order valence-electron chi connectivity index (χ1n) is 9.64. The van der Waals surface area contributed by atoms with Crippen LogP contribution in [0.4, 0.5) is 5.69 Å². The summed E-state index contributed by atoms with van der Waals surface area (Å²) in [6.45, 7) is 0.661. The van der Waals surface area contributed by atoms with Crippen molar-refractivity contribution in [1.82, 2.24) is 9.29 Å². The van der Waals surface area contributed by atoms with Crippen LogP contribution in [-0.2, 0) is 14.8 Å². The van der Waals surface area contributed by atoms with E-state index in [1.807, 2.05) is 42.5 Å². The maximum Gasteiger partial charge on any atom is 0.244 e. The number of hydrogen-bond acceptors (Lipinski definition) is 4. The lowest BCUT2D eigenvalue weighted by Gasteiger charge is -2.32. The first-order valence-corrected chi connectivity index (χ1v) is 11.1. The second-order valence-corrected chi connectivity index (χ2v) is 9.20. The number of rotatable bonds is 4. The lowest BCUT2D eigenvalue weighted by Crippen LogP contribution is -2.43. The van der Waals surface area contributed by atoms with Gasteiger partial charge >= 0.3 is 0 Å². The topological polar surface area (TPSA) is 70.6 Å². The second kappa shape index (κ2) is 7.93. The van der Waals surface area contributed by atoms with Crippen molar-refractivity contribution in [2.24, 2.45) is 5.92 Å². The first-order chi connectivity index (χ1) is 14.0. The molecule has 2 heterocycles. The minimum Gasteiger partial charge on any atom is -0.315 e. The minimum atomic E-state index is -3.57. The zero-order valence-electron chi connectivity index (χ0n) is 16.2. The maximum absolute atomic E-state index is 13.1. The molecule has 3 aromatic rings. The average molecular weight is 410 g/mol. The summed E-state index contributed by atoms with van der Waals surface area (Å²) in [6.07, 6.45) is 3.93. The van der Waals surface area contributed by atoms with E-state index in [1.165, 1.54) is 10.5 Å². The van der Waals surface area contributed by atoms with Crippen LogP contribution < -0.4 is 4.90 Å². The molecule has 1 amide bonds. The fourth-order valence-electron chi connectivity index (χ4n) is 3.89. The molecule has 0 unspecified atom stereocenters. The Morgan fingerprint density at radius 3 is 2.48 bits per heavy atom. The van der Waals surface area contributed by atoms with E-state index in [4.69, 9.17) is 0 Å². The van der Waals surface area contributed by atoms with Crippen LogP contribution in [0.25, 0.3) is 10.8 Å². The highest BCUT2D eigenvalue weighted by atomic mass is 32.2. The molecular weight excluding hydrogens is 386 g/mol. The Labute approximate surface area is 170 Å². The van der Waals surface area contributed by atoms with Gasteiger partial charge in [0.2, 0.25) is 15.9 Å². The molecule has 4 rings (SSSR count). The zero-order chi connectivity index (χ0) is 20.4. The van der Waals surface area contributed by atoms with Crippen LogP contribution in [0, 0.1) is 5.92 Å². The van der Waals surface area contributed by atoms with Gasteiger partial charge < -0.3 is 4.90 Å². The predicted molar refractivity (Wildman–Crippen MR) is 113 cm³/mol. The molecule has 1 saturated heterocycles. The van der Waals surface area contributed by atoms with Crippen LogP contribution in [0.1, 0.15) is 12.8 Å². The summed E-state index contributed by atoms with van der Waals surface area (Å²) >= 11 is 0. The molecule has 1 aliphatic rings. The summed E-state index contributed by atoms with van der Waals surface area (Å²) in [5.74, 6) is -0.168. The largest absolute Gasteiger partial charge is 0.315 e. The van der Waals surface area contributed by atoms with Gasteiger partial charge in [-0.15, -0.1) is 0 Å². The third kappa shape index (κ3) is 3.75. The summed E-state index contributed by atoms with van der Waals surface area (Å²) in [5, 5.41) is 2.12. The van der Waals surface area contributed by atoms with E-state index in [0.29, 0.717) is 25.9 Å². The molecule has 6 nitrogen and oxygen atoms in total. The van der Waals surface area contributed by atoms with Gasteiger partial charge in [0.25, 0.3) is 0 Å². The van der Waals surface area contributed by atoms with Gasteiger partial charge in [-0.3, -0.25) is 9.78 Å². The Morgan fingerprint density at radius 1 is 1.03 bits per heavy atom. The van der Waals surface area contributed by atoms with Gasteiger partial charge in [-0.1, -0.05) is 36.4 Å². The number of fused-ring (bicyclic) bond motifs is 1. The SMILES string of the molecule is CN(C(=O)C1CCN(S(=O)(=O)c2cccnc2)CC1)c1cccc2ccccc12. The molecular formula is C22H23N3O3S. The molecule has 0 radical (unpaired) electrons. The highest BCUT2D eigenvalue weighted by molar-refractivity contribution is 7.89. The quantitative estimate of drug-likeness (QED) is 0.663. The molecule has 29 heavy (non-hydrogen) atoms. The Morgan fingerprint density at radius 2 is 1.76 bits per heavy atom. The van der Waals surface area contributed by atoms with Crippen molar-refractivity contribution in [2.45, 2.75) is 17.7 Å². The standard InChI is InChI=1S/C22H23N3O3S/c1-24(21-10-4-7-17-6-2-3-9-20(17)21)22(26)18-11-14-25(15-12-18)29(27,28)19-8-5-13-23-16-19/h2-10,13,16,18H,11-12,14-15H2,1H3. The monoisotopic (exact) mass is 409 g/mol. The van der Waals surface area contributed by atoms with Crippen LogP contribution in [0.3, 0.4) is 0 Å². The Hall–Kier alpha value is -2.77. The number of anilines is 1. The van der Waals surface area contributed by atoms with Gasteiger partial charge in [-0.25, -0.2) is 8.42 Å². The van der Waals surface area contributed by atoms with Crippen LogP contribution >= 0.6 is 0 Å². The number of piperidine rings is 1. The summed E-state index contributed by atoms with van der Waals surface area (Å²) in [5.41, 5.74) is 0.874. The van der Waals surface area contributed by atoms with E-state index in [1.54, 1.807) is 30.3 Å². The number of nitrogens with zero attached hydrogens (tertiary/aromatic N) is 3. The van der Waals surface area contributed by atoms with Gasteiger partial charge in [-0.2, -0.15) is 4.31 Å². The molecule has 0 saturated carbocycles. The van der Waals surface area contributed by atoms with Crippen molar-refractivity contribution in [3.8, 4) is 0 Å². The fourth-order valence-corrected chi connectivity index (χ4v) is 5.32. The highest BCUT2D eigenvalue weighted by Gasteiger charge is 2.33. The third-order valence-electron chi connectivity index (χ3n) is 5.53. The number of carbonyl (C=O) groups is 1. The van der Waals surface area contributed by atoms with Crippen molar-refractivity contribution in [3.63, 3.8) is 0 Å². The lowest BCUT2D eigenvalue weighted by molar-refractivity contribution is -0.123. The van der Waals surface area contributed by atoms with Crippen LogP contribution in [0.5, 0.6) is 0 Å². The average Bonchev–Trinajstić information content (AvgIpc) is 2.78. The molecule has 0 aliphatic carbocycles. The number of sulfonamides is 1. The number of carbonyl (C=O) groups excluding carboxylic acids is 1. The van der Waals surface area contributed by atoms with Crippen molar-refractivity contribution in [2.75, 3.05) is 25.0 Å². The smallest absolute Gasteiger partial charge is 0.244 e. The van der Waals surface area contributed by atoms with E-state index >= 15 is 0 Å². The van der Waals surface area contributed by atoms with E-state index in [9.17, 15) is 13.2 Å². The molecule has 1 fully saturated rings. The van der Waals surface area contributed by atoms with Crippen LogP contribution in [0.15, 0.2) is 71.9 Å². The molecule has 150 valence electrons. The van der Waals surface area contributed by atoms with Crippen molar-refractivity contribution in [1.29, 1.82) is 0 Å². The summed E-state index contributed by atoms with van der Waals surface area (Å²) < 4.78 is 27.0.